The van der Waals surface area contributed by atoms with Crippen LogP contribution in [0.25, 0.3) is 0 Å². The molecule has 5 nitrogen and oxygen atoms in total. The third-order valence-corrected chi connectivity index (χ3v) is 3.75. The molecular formula is C17H28FIN4O. The van der Waals surface area contributed by atoms with Crippen LogP contribution in [0.4, 0.5) is 10.1 Å². The number of rotatable bonds is 3. The van der Waals surface area contributed by atoms with Crippen molar-refractivity contribution in [1.29, 1.82) is 0 Å². The molecule has 1 aromatic carbocycles. The van der Waals surface area contributed by atoms with E-state index in [0.717, 1.165) is 5.56 Å². The number of hydrogen-bond donors (Lipinski definition) is 3. The quantitative estimate of drug-likeness (QED) is 0.376. The molecule has 24 heavy (non-hydrogen) atoms. The van der Waals surface area contributed by atoms with Gasteiger partial charge in [0.15, 0.2) is 5.96 Å². The van der Waals surface area contributed by atoms with Gasteiger partial charge in [0.05, 0.1) is 18.3 Å². The smallest absolute Gasteiger partial charge is 0.189 e. The molecule has 0 atom stereocenters. The van der Waals surface area contributed by atoms with Gasteiger partial charge < -0.3 is 21.1 Å². The first-order valence-corrected chi connectivity index (χ1v) is 8.04. The first kappa shape index (κ1) is 21.0. The monoisotopic (exact) mass is 450 g/mol. The summed E-state index contributed by atoms with van der Waals surface area (Å²) in [7, 11) is 0. The molecule has 2 rings (SSSR count). The summed E-state index contributed by atoms with van der Waals surface area (Å²) in [5.74, 6) is 0.100. The van der Waals surface area contributed by atoms with E-state index >= 15 is 0 Å². The van der Waals surface area contributed by atoms with Crippen molar-refractivity contribution in [2.75, 3.05) is 18.0 Å². The molecule has 1 saturated heterocycles. The summed E-state index contributed by atoms with van der Waals surface area (Å²) in [6.45, 7) is 7.69. The average Bonchev–Trinajstić information content (AvgIpc) is 2.45. The normalized spacial score (nSPS) is 16.7. The Bertz CT molecular complexity index is 566. The van der Waals surface area contributed by atoms with Gasteiger partial charge in [-0.05, 0) is 51.3 Å². The number of nitrogens with zero attached hydrogens (tertiary/aromatic N) is 2. The Labute approximate surface area is 160 Å². The van der Waals surface area contributed by atoms with Gasteiger partial charge in [-0.3, -0.25) is 0 Å². The summed E-state index contributed by atoms with van der Waals surface area (Å²) in [5, 5.41) is 12.6. The molecule has 1 heterocycles. The van der Waals surface area contributed by atoms with E-state index in [1.54, 1.807) is 6.07 Å². The Balaban J connectivity index is 0.00000288. The molecular weight excluding hydrogens is 422 g/mol. The van der Waals surface area contributed by atoms with Crippen molar-refractivity contribution in [3.63, 3.8) is 0 Å². The highest BCUT2D eigenvalue weighted by Gasteiger charge is 2.19. The van der Waals surface area contributed by atoms with E-state index in [2.05, 4.69) is 10.3 Å². The van der Waals surface area contributed by atoms with Gasteiger partial charge in [0.25, 0.3) is 0 Å². The molecule has 1 aliphatic rings. The van der Waals surface area contributed by atoms with Crippen LogP contribution in [0, 0.1) is 5.82 Å². The van der Waals surface area contributed by atoms with Crippen LogP contribution >= 0.6 is 24.0 Å². The predicted octanol–water partition coefficient (Wildman–Crippen LogP) is 2.61. The molecule has 1 aliphatic heterocycles. The standard InChI is InChI=1S/C17H27FN4O.HI/c1-17(2,3)21-16(19)20-11-12-4-5-15(14(18)10-12)22-8-6-13(23)7-9-22;/h4-5,10,13,23H,6-9,11H2,1-3H3,(H3,19,20,21);1H. The van der Waals surface area contributed by atoms with Gasteiger partial charge in [0.1, 0.15) is 5.82 Å². The molecule has 4 N–H and O–H groups in total. The number of hydrogen-bond acceptors (Lipinski definition) is 3. The number of nitrogens with one attached hydrogen (secondary N) is 1. The zero-order chi connectivity index (χ0) is 17.0. The van der Waals surface area contributed by atoms with Crippen molar-refractivity contribution in [2.45, 2.75) is 51.8 Å². The van der Waals surface area contributed by atoms with Crippen molar-refractivity contribution in [3.05, 3.63) is 29.6 Å². The van der Waals surface area contributed by atoms with Gasteiger partial charge in [-0.15, -0.1) is 24.0 Å². The maximum absolute atomic E-state index is 14.3. The summed E-state index contributed by atoms with van der Waals surface area (Å²) in [4.78, 5) is 6.22. The van der Waals surface area contributed by atoms with Crippen LogP contribution in [-0.4, -0.2) is 35.8 Å². The van der Waals surface area contributed by atoms with Gasteiger partial charge in [-0.2, -0.15) is 0 Å². The number of aliphatic hydroxyl groups is 1. The number of aliphatic hydroxyl groups excluding tert-OH is 1. The zero-order valence-corrected chi connectivity index (χ0v) is 16.9. The molecule has 0 saturated carbocycles. The average molecular weight is 450 g/mol. The molecule has 1 fully saturated rings. The lowest BCUT2D eigenvalue weighted by Gasteiger charge is -2.31. The molecule has 0 spiro atoms. The number of piperidine rings is 1. The zero-order valence-electron chi connectivity index (χ0n) is 14.6. The van der Waals surface area contributed by atoms with Crippen molar-refractivity contribution in [3.8, 4) is 0 Å². The summed E-state index contributed by atoms with van der Waals surface area (Å²) in [6, 6.07) is 5.16. The van der Waals surface area contributed by atoms with E-state index in [1.165, 1.54) is 6.07 Å². The van der Waals surface area contributed by atoms with Gasteiger partial charge in [-0.1, -0.05) is 6.07 Å². The fourth-order valence-electron chi connectivity index (χ4n) is 2.61. The van der Waals surface area contributed by atoms with Crippen molar-refractivity contribution < 1.29 is 9.50 Å². The third kappa shape index (κ3) is 6.43. The van der Waals surface area contributed by atoms with Crippen LogP contribution in [0.2, 0.25) is 0 Å². The number of benzene rings is 1. The Morgan fingerprint density at radius 1 is 1.38 bits per heavy atom. The van der Waals surface area contributed by atoms with E-state index in [4.69, 9.17) is 5.73 Å². The maximum Gasteiger partial charge on any atom is 0.189 e. The Kier molecular flexibility index (Phi) is 7.72. The number of halogens is 2. The number of anilines is 1. The topological polar surface area (TPSA) is 73.9 Å². The van der Waals surface area contributed by atoms with Gasteiger partial charge in [-0.25, -0.2) is 9.38 Å². The van der Waals surface area contributed by atoms with E-state index < -0.39 is 0 Å². The van der Waals surface area contributed by atoms with Crippen LogP contribution in [0.15, 0.2) is 23.2 Å². The highest BCUT2D eigenvalue weighted by atomic mass is 127. The minimum atomic E-state index is -0.263. The molecule has 0 radical (unpaired) electrons. The summed E-state index contributed by atoms with van der Waals surface area (Å²) in [6.07, 6.45) is 1.10. The lowest BCUT2D eigenvalue weighted by atomic mass is 10.1. The predicted molar refractivity (Wildman–Crippen MR) is 107 cm³/mol. The molecule has 7 heteroatoms. The van der Waals surface area contributed by atoms with Crippen molar-refractivity contribution in [1.82, 2.24) is 5.32 Å². The molecule has 136 valence electrons. The summed E-state index contributed by atoms with van der Waals surface area (Å²) < 4.78 is 14.3. The summed E-state index contributed by atoms with van der Waals surface area (Å²) >= 11 is 0. The first-order chi connectivity index (χ1) is 10.7. The second-order valence-electron chi connectivity index (χ2n) is 7.08. The van der Waals surface area contributed by atoms with E-state index in [9.17, 15) is 9.50 Å². The highest BCUT2D eigenvalue weighted by Crippen LogP contribution is 2.24. The van der Waals surface area contributed by atoms with Gasteiger partial charge >= 0.3 is 0 Å². The van der Waals surface area contributed by atoms with Crippen LogP contribution in [0.1, 0.15) is 39.2 Å². The summed E-state index contributed by atoms with van der Waals surface area (Å²) in [5.41, 5.74) is 7.04. The second kappa shape index (κ2) is 8.84. The van der Waals surface area contributed by atoms with Crippen LogP contribution in [-0.2, 0) is 6.54 Å². The molecule has 0 aliphatic carbocycles. The van der Waals surface area contributed by atoms with Gasteiger partial charge in [0.2, 0.25) is 0 Å². The molecule has 0 aromatic heterocycles. The SMILES string of the molecule is CC(C)(C)NC(N)=NCc1ccc(N2CCC(O)CC2)c(F)c1.I. The number of guanidine groups is 1. The molecule has 0 unspecified atom stereocenters. The first-order valence-electron chi connectivity index (χ1n) is 8.04. The Morgan fingerprint density at radius 2 is 2.00 bits per heavy atom. The fourth-order valence-corrected chi connectivity index (χ4v) is 2.61. The van der Waals surface area contributed by atoms with E-state index in [1.807, 2.05) is 31.7 Å². The second-order valence-corrected chi connectivity index (χ2v) is 7.08. The third-order valence-electron chi connectivity index (χ3n) is 3.75. The van der Waals surface area contributed by atoms with E-state index in [0.29, 0.717) is 44.1 Å². The lowest BCUT2D eigenvalue weighted by Crippen LogP contribution is -2.44. The Hall–Kier alpha value is -1.09. The van der Waals surface area contributed by atoms with Crippen molar-refractivity contribution in [2.24, 2.45) is 10.7 Å². The largest absolute Gasteiger partial charge is 0.393 e. The maximum atomic E-state index is 14.3. The van der Waals surface area contributed by atoms with Gasteiger partial charge in [0, 0.05) is 18.6 Å². The molecule has 0 bridgehead atoms. The Morgan fingerprint density at radius 3 is 2.54 bits per heavy atom. The minimum absolute atomic E-state index is 0. The van der Waals surface area contributed by atoms with E-state index in [-0.39, 0.29) is 41.4 Å². The molecule has 0 amide bonds. The molecule has 1 aromatic rings. The lowest BCUT2D eigenvalue weighted by molar-refractivity contribution is 0.145. The van der Waals surface area contributed by atoms with Crippen LogP contribution < -0.4 is 16.0 Å². The number of aliphatic imine (C=N–C) groups is 1. The van der Waals surface area contributed by atoms with Crippen molar-refractivity contribution >= 4 is 35.6 Å². The van der Waals surface area contributed by atoms with Crippen LogP contribution in [0.3, 0.4) is 0 Å². The highest BCUT2D eigenvalue weighted by molar-refractivity contribution is 14.0. The van der Waals surface area contributed by atoms with Crippen LogP contribution in [0.5, 0.6) is 0 Å². The fraction of sp³-hybridized carbons (Fsp3) is 0.588. The minimum Gasteiger partial charge on any atom is -0.393 e. The number of nitrogens with two attached hydrogens (primary N) is 1.